The highest BCUT2D eigenvalue weighted by Gasteiger charge is 2.60. The highest BCUT2D eigenvalue weighted by Crippen LogP contribution is 2.66. The Morgan fingerprint density at radius 1 is 1.24 bits per heavy atom. The van der Waals surface area contributed by atoms with Crippen molar-refractivity contribution in [3.05, 3.63) is 23.3 Å². The second-order valence-electron chi connectivity index (χ2n) is 6.89. The summed E-state index contributed by atoms with van der Waals surface area (Å²) in [6.45, 7) is 9.05. The Balaban J connectivity index is 2.37. The van der Waals surface area contributed by atoms with Crippen LogP contribution in [0.2, 0.25) is 11.1 Å². The molecule has 2 bridgehead atoms. The van der Waals surface area contributed by atoms with Gasteiger partial charge in [-0.2, -0.15) is 0 Å². The molecule has 0 aromatic heterocycles. The molecular formula is C14H22Cl2Si. The lowest BCUT2D eigenvalue weighted by Gasteiger charge is -2.33. The van der Waals surface area contributed by atoms with Gasteiger partial charge in [0.05, 0.1) is 0 Å². The molecule has 96 valence electrons. The predicted molar refractivity (Wildman–Crippen MR) is 80.0 cm³/mol. The van der Waals surface area contributed by atoms with Gasteiger partial charge in [0.15, 0.2) is 0 Å². The van der Waals surface area contributed by atoms with E-state index in [1.165, 1.54) is 11.1 Å². The first-order valence-electron chi connectivity index (χ1n) is 6.38. The first-order valence-corrected chi connectivity index (χ1v) is 10.6. The van der Waals surface area contributed by atoms with Crippen molar-refractivity contribution in [1.29, 1.82) is 0 Å². The van der Waals surface area contributed by atoms with E-state index in [4.69, 9.17) is 22.2 Å². The molecular weight excluding hydrogens is 267 g/mol. The number of halogens is 2. The molecule has 3 heteroatoms. The molecule has 0 amide bonds. The smallest absolute Gasteiger partial charge is 0.145 e. The largest absolute Gasteiger partial charge is 0.265 e. The van der Waals surface area contributed by atoms with Crippen molar-refractivity contribution in [3.63, 3.8) is 0 Å². The Morgan fingerprint density at radius 2 is 1.82 bits per heavy atom. The number of fused-ring (bicyclic) bond motifs is 2. The van der Waals surface area contributed by atoms with Gasteiger partial charge in [0.2, 0.25) is 0 Å². The molecule has 0 nitrogen and oxygen atoms in total. The second-order valence-corrected chi connectivity index (χ2v) is 13.9. The van der Waals surface area contributed by atoms with Crippen molar-refractivity contribution in [2.75, 3.05) is 0 Å². The molecule has 17 heavy (non-hydrogen) atoms. The number of rotatable bonds is 1. The molecule has 0 radical (unpaired) electrons. The average Bonchev–Trinajstić information content (AvgIpc) is 2.61. The van der Waals surface area contributed by atoms with Gasteiger partial charge in [-0.05, 0) is 31.2 Å². The Bertz CT molecular complexity index is 384. The highest BCUT2D eigenvalue weighted by atomic mass is 35.7. The molecule has 0 spiro atoms. The average molecular weight is 289 g/mol. The number of hydrogen-bond acceptors (Lipinski definition) is 0. The van der Waals surface area contributed by atoms with Crippen LogP contribution in [-0.2, 0) is 0 Å². The maximum absolute atomic E-state index is 6.79. The summed E-state index contributed by atoms with van der Waals surface area (Å²) in [5.41, 5.74) is 4.10. The van der Waals surface area contributed by atoms with Gasteiger partial charge < -0.3 is 0 Å². The van der Waals surface area contributed by atoms with Crippen LogP contribution in [0.1, 0.15) is 41.0 Å². The maximum Gasteiger partial charge on any atom is 0.265 e. The van der Waals surface area contributed by atoms with Gasteiger partial charge in [0.25, 0.3) is 6.69 Å². The lowest BCUT2D eigenvalue weighted by molar-refractivity contribution is 0.353. The summed E-state index contributed by atoms with van der Waals surface area (Å²) in [7, 11) is 0. The van der Waals surface area contributed by atoms with Crippen molar-refractivity contribution < 1.29 is 0 Å². The van der Waals surface area contributed by atoms with Crippen molar-refractivity contribution >= 4 is 28.9 Å². The Kier molecular flexibility index (Phi) is 3.34. The highest BCUT2D eigenvalue weighted by molar-refractivity contribution is 7.47. The minimum Gasteiger partial charge on any atom is -0.145 e. The van der Waals surface area contributed by atoms with Gasteiger partial charge in [-0.3, -0.25) is 0 Å². The molecule has 1 aliphatic heterocycles. The molecule has 1 heterocycles. The lowest BCUT2D eigenvalue weighted by atomic mass is 9.84. The van der Waals surface area contributed by atoms with Crippen molar-refractivity contribution in [3.8, 4) is 0 Å². The third-order valence-corrected chi connectivity index (χ3v) is 9.93. The summed E-state index contributed by atoms with van der Waals surface area (Å²) in [4.78, 5) is 0. The van der Waals surface area contributed by atoms with Crippen LogP contribution in [0, 0.1) is 11.3 Å². The van der Waals surface area contributed by atoms with Crippen LogP contribution < -0.4 is 0 Å². The van der Waals surface area contributed by atoms with Crippen LogP contribution in [0.5, 0.6) is 0 Å². The summed E-state index contributed by atoms with van der Waals surface area (Å²) >= 11 is 13.6. The van der Waals surface area contributed by atoms with Gasteiger partial charge >= 0.3 is 0 Å². The molecule has 1 fully saturated rings. The fraction of sp³-hybridized carbons (Fsp3) is 0.714. The molecule has 2 aliphatic rings. The first-order chi connectivity index (χ1) is 7.64. The standard InChI is InChI=1S/C14H22Cl2Si/c1-9(2)13-10-6-7-11(13)17(15,16)12(10)8-14(3,4)5/h6-7,10-12H,8H2,1-5H3/t10-,11-,12+/m1/s1. The Morgan fingerprint density at radius 3 is 2.24 bits per heavy atom. The molecule has 2 rings (SSSR count). The predicted octanol–water partition coefficient (Wildman–Crippen LogP) is 5.62. The number of allylic oxidation sites excluding steroid dienone is 4. The summed E-state index contributed by atoms with van der Waals surface area (Å²) in [6.07, 6.45) is 5.74. The van der Waals surface area contributed by atoms with E-state index in [9.17, 15) is 0 Å². The zero-order chi connectivity index (χ0) is 13.0. The molecule has 1 saturated heterocycles. The van der Waals surface area contributed by atoms with Gasteiger partial charge in [-0.25, -0.2) is 0 Å². The van der Waals surface area contributed by atoms with E-state index in [1.807, 2.05) is 0 Å². The van der Waals surface area contributed by atoms with Gasteiger partial charge in [0, 0.05) is 11.5 Å². The van der Waals surface area contributed by atoms with Crippen molar-refractivity contribution in [2.45, 2.75) is 52.1 Å². The third-order valence-electron chi connectivity index (χ3n) is 3.96. The topological polar surface area (TPSA) is 0 Å². The summed E-state index contributed by atoms with van der Waals surface area (Å²) in [5.74, 6) is 0.519. The maximum atomic E-state index is 6.79. The van der Waals surface area contributed by atoms with Crippen molar-refractivity contribution in [2.24, 2.45) is 11.3 Å². The van der Waals surface area contributed by atoms with Crippen LogP contribution >= 0.6 is 22.2 Å². The van der Waals surface area contributed by atoms with E-state index in [-0.39, 0.29) is 0 Å². The monoisotopic (exact) mass is 288 g/mol. The number of hydrogen-bond donors (Lipinski definition) is 0. The molecule has 1 aliphatic carbocycles. The second kappa shape index (κ2) is 4.14. The minimum absolute atomic E-state index is 0.303. The normalized spacial score (nSPS) is 34.5. The van der Waals surface area contributed by atoms with E-state index in [0.29, 0.717) is 22.4 Å². The van der Waals surface area contributed by atoms with Crippen LogP contribution in [0.4, 0.5) is 0 Å². The van der Waals surface area contributed by atoms with Crippen LogP contribution in [0.25, 0.3) is 0 Å². The van der Waals surface area contributed by atoms with E-state index in [1.54, 1.807) is 0 Å². The van der Waals surface area contributed by atoms with E-state index < -0.39 is 6.69 Å². The lowest BCUT2D eigenvalue weighted by Crippen LogP contribution is -2.32. The quantitative estimate of drug-likeness (QED) is 0.334. The summed E-state index contributed by atoms with van der Waals surface area (Å²) < 4.78 is 0. The molecule has 0 aromatic carbocycles. The summed E-state index contributed by atoms with van der Waals surface area (Å²) in [6, 6.07) is 0. The van der Waals surface area contributed by atoms with E-state index >= 15 is 0 Å². The Labute approximate surface area is 115 Å². The molecule has 0 saturated carbocycles. The Hall–Kier alpha value is 0.277. The van der Waals surface area contributed by atoms with Crippen LogP contribution in [0.15, 0.2) is 23.3 Å². The minimum atomic E-state index is -2.19. The van der Waals surface area contributed by atoms with Gasteiger partial charge in [-0.15, -0.1) is 22.2 Å². The molecule has 0 N–H and O–H groups in total. The molecule has 0 aromatic rings. The molecule has 0 unspecified atom stereocenters. The van der Waals surface area contributed by atoms with Crippen molar-refractivity contribution in [1.82, 2.24) is 0 Å². The molecule has 3 atom stereocenters. The zero-order valence-corrected chi connectivity index (χ0v) is 13.9. The summed E-state index contributed by atoms with van der Waals surface area (Å²) in [5, 5.41) is 0. The fourth-order valence-corrected chi connectivity index (χ4v) is 9.17. The third kappa shape index (κ3) is 2.26. The van der Waals surface area contributed by atoms with Gasteiger partial charge in [-0.1, -0.05) is 44.1 Å². The van der Waals surface area contributed by atoms with Crippen LogP contribution in [0.3, 0.4) is 0 Å². The van der Waals surface area contributed by atoms with E-state index in [2.05, 4.69) is 46.8 Å². The van der Waals surface area contributed by atoms with Crippen LogP contribution in [-0.4, -0.2) is 6.69 Å². The van der Waals surface area contributed by atoms with Gasteiger partial charge in [0.1, 0.15) is 0 Å². The first kappa shape index (κ1) is 13.7. The SMILES string of the molecule is CC(C)=C1[C@H]2C=C[C@@H]1[C@H](CC(C)(C)C)[Si]2(Cl)Cl. The zero-order valence-electron chi connectivity index (χ0n) is 11.3. The van der Waals surface area contributed by atoms with E-state index in [0.717, 1.165) is 6.42 Å². The fourth-order valence-electron chi connectivity index (χ4n) is 3.37.